The van der Waals surface area contributed by atoms with E-state index in [9.17, 15) is 5.11 Å². The van der Waals surface area contributed by atoms with Crippen LogP contribution in [0.4, 0.5) is 0 Å². The van der Waals surface area contributed by atoms with E-state index in [1.54, 1.807) is 7.11 Å². The summed E-state index contributed by atoms with van der Waals surface area (Å²) in [4.78, 5) is 2.34. The summed E-state index contributed by atoms with van der Waals surface area (Å²) < 4.78 is 5.17. The first kappa shape index (κ1) is 16.9. The molecule has 1 aliphatic carbocycles. The largest absolute Gasteiger partial charge is 0.395 e. The first-order valence-corrected chi connectivity index (χ1v) is 7.75. The molecule has 0 aromatic carbocycles. The maximum absolute atomic E-state index is 9.21. The molecule has 0 atom stereocenters. The van der Waals surface area contributed by atoms with Crippen molar-refractivity contribution in [2.24, 2.45) is 5.41 Å². The van der Waals surface area contributed by atoms with Crippen molar-refractivity contribution in [2.45, 2.75) is 45.6 Å². The minimum absolute atomic E-state index is 0.225. The summed E-state index contributed by atoms with van der Waals surface area (Å²) in [6.07, 6.45) is 5.04. The molecule has 19 heavy (non-hydrogen) atoms. The Balaban J connectivity index is 2.49. The van der Waals surface area contributed by atoms with E-state index in [0.29, 0.717) is 5.41 Å². The second-order valence-electron chi connectivity index (χ2n) is 5.85. The average molecular weight is 272 g/mol. The summed E-state index contributed by atoms with van der Waals surface area (Å²) in [5.41, 5.74) is 0.325. The van der Waals surface area contributed by atoms with Crippen LogP contribution < -0.4 is 5.32 Å². The first-order chi connectivity index (χ1) is 9.19. The second-order valence-corrected chi connectivity index (χ2v) is 5.85. The number of methoxy groups -OCH3 is 1. The van der Waals surface area contributed by atoms with Crippen molar-refractivity contribution in [3.8, 4) is 0 Å². The van der Waals surface area contributed by atoms with Gasteiger partial charge in [-0.05, 0) is 31.1 Å². The van der Waals surface area contributed by atoms with Crippen LogP contribution in [-0.2, 0) is 4.74 Å². The van der Waals surface area contributed by atoms with Crippen LogP contribution in [0, 0.1) is 5.41 Å². The molecule has 4 nitrogen and oxygen atoms in total. The highest BCUT2D eigenvalue weighted by molar-refractivity contribution is 4.88. The summed E-state index contributed by atoms with van der Waals surface area (Å²) in [7, 11) is 1.73. The van der Waals surface area contributed by atoms with E-state index in [-0.39, 0.29) is 6.61 Å². The molecule has 1 saturated carbocycles. The molecule has 0 radical (unpaired) electrons. The average Bonchev–Trinajstić information content (AvgIpc) is 3.25. The molecule has 114 valence electrons. The Labute approximate surface area is 118 Å². The number of nitrogens with zero attached hydrogens (tertiary/aromatic N) is 1. The number of ether oxygens (including phenoxy) is 1. The molecule has 0 bridgehead atoms. The fourth-order valence-corrected chi connectivity index (χ4v) is 2.53. The van der Waals surface area contributed by atoms with Gasteiger partial charge in [-0.1, -0.05) is 13.8 Å². The lowest BCUT2D eigenvalue weighted by Gasteiger charge is -2.37. The van der Waals surface area contributed by atoms with E-state index < -0.39 is 0 Å². The van der Waals surface area contributed by atoms with Crippen molar-refractivity contribution in [2.75, 3.05) is 46.5 Å². The SMILES string of the molecule is CCC(CC)(CNC1CC1)CN(CCO)CCOC. The number of nitrogens with one attached hydrogen (secondary N) is 1. The standard InChI is InChI=1S/C15H32N2O2/c1-4-15(5-2,12-16-14-6-7-14)13-17(8-10-18)9-11-19-3/h14,16,18H,4-13H2,1-3H3. The normalized spacial score (nSPS) is 16.3. The highest BCUT2D eigenvalue weighted by Crippen LogP contribution is 2.29. The van der Waals surface area contributed by atoms with Crippen LogP contribution in [0.1, 0.15) is 39.5 Å². The van der Waals surface area contributed by atoms with E-state index in [1.165, 1.54) is 25.7 Å². The maximum Gasteiger partial charge on any atom is 0.0589 e. The van der Waals surface area contributed by atoms with Gasteiger partial charge < -0.3 is 15.2 Å². The van der Waals surface area contributed by atoms with Crippen molar-refractivity contribution < 1.29 is 9.84 Å². The smallest absolute Gasteiger partial charge is 0.0589 e. The van der Waals surface area contributed by atoms with Gasteiger partial charge in [-0.3, -0.25) is 4.90 Å². The van der Waals surface area contributed by atoms with Gasteiger partial charge in [0.2, 0.25) is 0 Å². The van der Waals surface area contributed by atoms with E-state index in [4.69, 9.17) is 4.74 Å². The van der Waals surface area contributed by atoms with Gasteiger partial charge in [-0.2, -0.15) is 0 Å². The van der Waals surface area contributed by atoms with Crippen LogP contribution in [0.2, 0.25) is 0 Å². The Morgan fingerprint density at radius 2 is 1.95 bits per heavy atom. The lowest BCUT2D eigenvalue weighted by molar-refractivity contribution is 0.0838. The van der Waals surface area contributed by atoms with Gasteiger partial charge in [0.15, 0.2) is 0 Å². The summed E-state index contributed by atoms with van der Waals surface area (Å²) >= 11 is 0. The fourth-order valence-electron chi connectivity index (χ4n) is 2.53. The van der Waals surface area contributed by atoms with E-state index in [2.05, 4.69) is 24.1 Å². The number of aliphatic hydroxyl groups is 1. The number of hydrogen-bond acceptors (Lipinski definition) is 4. The zero-order chi connectivity index (χ0) is 14.1. The predicted octanol–water partition coefficient (Wildman–Crippen LogP) is 1.49. The minimum atomic E-state index is 0.225. The molecule has 0 heterocycles. The zero-order valence-electron chi connectivity index (χ0n) is 13.0. The molecule has 0 saturated heterocycles. The van der Waals surface area contributed by atoms with Crippen molar-refractivity contribution in [1.29, 1.82) is 0 Å². The lowest BCUT2D eigenvalue weighted by atomic mass is 9.81. The fraction of sp³-hybridized carbons (Fsp3) is 1.00. The molecule has 2 N–H and O–H groups in total. The van der Waals surface area contributed by atoms with E-state index in [0.717, 1.165) is 38.8 Å². The van der Waals surface area contributed by atoms with Crippen LogP contribution >= 0.6 is 0 Å². The summed E-state index contributed by atoms with van der Waals surface area (Å²) in [5.74, 6) is 0. The maximum atomic E-state index is 9.21. The molecule has 0 aliphatic heterocycles. The number of rotatable bonds is 12. The predicted molar refractivity (Wildman–Crippen MR) is 79.4 cm³/mol. The van der Waals surface area contributed by atoms with Crippen molar-refractivity contribution in [3.63, 3.8) is 0 Å². The van der Waals surface area contributed by atoms with Crippen molar-refractivity contribution >= 4 is 0 Å². The molecule has 0 aromatic heterocycles. The molecule has 0 spiro atoms. The topological polar surface area (TPSA) is 44.7 Å². The summed E-state index contributed by atoms with van der Waals surface area (Å²) in [6.45, 7) is 9.32. The Morgan fingerprint density at radius 3 is 2.42 bits per heavy atom. The van der Waals surface area contributed by atoms with Gasteiger partial charge in [-0.15, -0.1) is 0 Å². The molecule has 4 heteroatoms. The molecule has 1 aliphatic rings. The van der Waals surface area contributed by atoms with Crippen LogP contribution in [-0.4, -0.2) is 62.6 Å². The highest BCUT2D eigenvalue weighted by atomic mass is 16.5. The molecule has 0 unspecified atom stereocenters. The van der Waals surface area contributed by atoms with Crippen LogP contribution in [0.25, 0.3) is 0 Å². The Kier molecular flexibility index (Phi) is 7.91. The molecular weight excluding hydrogens is 240 g/mol. The lowest BCUT2D eigenvalue weighted by Crippen LogP contribution is -2.45. The first-order valence-electron chi connectivity index (χ1n) is 7.75. The van der Waals surface area contributed by atoms with Gasteiger partial charge in [0, 0.05) is 39.3 Å². The summed E-state index contributed by atoms with van der Waals surface area (Å²) in [5, 5.41) is 12.9. The van der Waals surface area contributed by atoms with Gasteiger partial charge in [-0.25, -0.2) is 0 Å². The van der Waals surface area contributed by atoms with Crippen LogP contribution in [0.5, 0.6) is 0 Å². The van der Waals surface area contributed by atoms with E-state index in [1.807, 2.05) is 0 Å². The van der Waals surface area contributed by atoms with E-state index >= 15 is 0 Å². The van der Waals surface area contributed by atoms with Gasteiger partial charge in [0.25, 0.3) is 0 Å². The zero-order valence-corrected chi connectivity index (χ0v) is 13.0. The second kappa shape index (κ2) is 8.90. The molecular formula is C15H32N2O2. The molecule has 1 rings (SSSR count). The molecule has 1 fully saturated rings. The quantitative estimate of drug-likeness (QED) is 0.565. The third kappa shape index (κ3) is 6.21. The third-order valence-electron chi connectivity index (χ3n) is 4.43. The van der Waals surface area contributed by atoms with Gasteiger partial charge in [0.05, 0.1) is 13.2 Å². The van der Waals surface area contributed by atoms with Crippen molar-refractivity contribution in [1.82, 2.24) is 10.2 Å². The third-order valence-corrected chi connectivity index (χ3v) is 4.43. The number of aliphatic hydroxyl groups excluding tert-OH is 1. The minimum Gasteiger partial charge on any atom is -0.395 e. The summed E-state index contributed by atoms with van der Waals surface area (Å²) in [6, 6.07) is 0.766. The molecule has 0 amide bonds. The van der Waals surface area contributed by atoms with Gasteiger partial charge in [0.1, 0.15) is 0 Å². The van der Waals surface area contributed by atoms with Crippen molar-refractivity contribution in [3.05, 3.63) is 0 Å². The Morgan fingerprint density at radius 1 is 1.26 bits per heavy atom. The Bertz CT molecular complexity index is 228. The monoisotopic (exact) mass is 272 g/mol. The molecule has 0 aromatic rings. The Hall–Kier alpha value is -0.160. The highest BCUT2D eigenvalue weighted by Gasteiger charge is 2.31. The van der Waals surface area contributed by atoms with Gasteiger partial charge >= 0.3 is 0 Å². The number of hydrogen-bond donors (Lipinski definition) is 2. The van der Waals surface area contributed by atoms with Crippen LogP contribution in [0.15, 0.2) is 0 Å². The van der Waals surface area contributed by atoms with Crippen LogP contribution in [0.3, 0.4) is 0 Å².